The lowest BCUT2D eigenvalue weighted by molar-refractivity contribution is -0.129. The minimum Gasteiger partial charge on any atom is -0.496 e. The van der Waals surface area contributed by atoms with Gasteiger partial charge < -0.3 is 9.47 Å². The summed E-state index contributed by atoms with van der Waals surface area (Å²) in [6.45, 7) is 1.37. The highest BCUT2D eigenvalue weighted by Gasteiger charge is 2.22. The van der Waals surface area contributed by atoms with Gasteiger partial charge in [0.1, 0.15) is 11.3 Å². The van der Waals surface area contributed by atoms with E-state index in [2.05, 4.69) is 10.9 Å². The second-order valence-electron chi connectivity index (χ2n) is 5.20. The Hall–Kier alpha value is -3.06. The molecule has 2 aromatic carbocycles. The van der Waals surface area contributed by atoms with Gasteiger partial charge in [0, 0.05) is 10.6 Å². The number of hydrogen-bond donors (Lipinski definition) is 2. The molecule has 7 nitrogen and oxygen atoms in total. The molecule has 0 aliphatic rings. The molecule has 0 aliphatic carbocycles. The van der Waals surface area contributed by atoms with E-state index in [0.717, 1.165) is 0 Å². The summed E-state index contributed by atoms with van der Waals surface area (Å²) in [6.07, 6.45) is -1.15. The topological polar surface area (TPSA) is 93.7 Å². The second-order valence-corrected chi connectivity index (χ2v) is 5.64. The molecule has 8 heteroatoms. The first-order chi connectivity index (χ1) is 12.4. The quantitative estimate of drug-likeness (QED) is 0.617. The Bertz CT molecular complexity index is 810. The number of esters is 1. The number of ether oxygens (including phenoxy) is 2. The van der Waals surface area contributed by atoms with Crippen molar-refractivity contribution in [2.45, 2.75) is 13.0 Å². The fourth-order valence-corrected chi connectivity index (χ4v) is 2.17. The predicted octanol–water partition coefficient (Wildman–Crippen LogP) is 2.36. The smallest absolute Gasteiger partial charge is 0.342 e. The SMILES string of the molecule is COc1ccc(Cl)cc1C(=O)O[C@@H](C)C(=O)NNC(=O)c1ccccc1. The summed E-state index contributed by atoms with van der Waals surface area (Å²) in [5, 5.41) is 0.324. The monoisotopic (exact) mass is 376 g/mol. The van der Waals surface area contributed by atoms with Gasteiger partial charge in [-0.1, -0.05) is 29.8 Å². The maximum Gasteiger partial charge on any atom is 0.342 e. The number of methoxy groups -OCH3 is 1. The molecule has 0 spiro atoms. The summed E-state index contributed by atoms with van der Waals surface area (Å²) in [5.41, 5.74) is 4.92. The highest BCUT2D eigenvalue weighted by atomic mass is 35.5. The van der Waals surface area contributed by atoms with Crippen LogP contribution in [0.15, 0.2) is 48.5 Å². The van der Waals surface area contributed by atoms with Crippen LogP contribution in [0, 0.1) is 0 Å². The van der Waals surface area contributed by atoms with Crippen molar-refractivity contribution in [2.24, 2.45) is 0 Å². The van der Waals surface area contributed by atoms with Gasteiger partial charge in [0.2, 0.25) is 0 Å². The van der Waals surface area contributed by atoms with E-state index in [1.54, 1.807) is 36.4 Å². The third kappa shape index (κ3) is 4.97. The van der Waals surface area contributed by atoms with Gasteiger partial charge >= 0.3 is 5.97 Å². The molecule has 0 saturated carbocycles. The van der Waals surface area contributed by atoms with Crippen LogP contribution in [0.4, 0.5) is 0 Å². The standard InChI is InChI=1S/C18H17ClN2O5/c1-11(16(22)20-21-17(23)12-6-4-3-5-7-12)26-18(24)14-10-13(19)8-9-15(14)25-2/h3-11H,1-2H3,(H,20,22)(H,21,23)/t11-/m0/s1. The average molecular weight is 377 g/mol. The van der Waals surface area contributed by atoms with Crippen molar-refractivity contribution in [3.8, 4) is 5.75 Å². The maximum atomic E-state index is 12.2. The molecule has 1 atom stereocenters. The van der Waals surface area contributed by atoms with E-state index in [0.29, 0.717) is 10.6 Å². The van der Waals surface area contributed by atoms with E-state index < -0.39 is 23.9 Å². The average Bonchev–Trinajstić information content (AvgIpc) is 2.66. The number of amides is 2. The number of benzene rings is 2. The zero-order valence-corrected chi connectivity index (χ0v) is 14.9. The van der Waals surface area contributed by atoms with Crippen LogP contribution in [-0.4, -0.2) is 31.0 Å². The number of rotatable bonds is 5. The van der Waals surface area contributed by atoms with Crippen LogP contribution in [0.3, 0.4) is 0 Å². The Morgan fingerprint density at radius 1 is 1.04 bits per heavy atom. The molecule has 0 fully saturated rings. The number of carbonyl (C=O) groups excluding carboxylic acids is 3. The van der Waals surface area contributed by atoms with E-state index in [-0.39, 0.29) is 11.3 Å². The molecule has 0 aromatic heterocycles. The Balaban J connectivity index is 1.93. The largest absolute Gasteiger partial charge is 0.496 e. The third-order valence-corrected chi connectivity index (χ3v) is 3.60. The molecule has 136 valence electrons. The van der Waals surface area contributed by atoms with Gasteiger partial charge in [-0.25, -0.2) is 4.79 Å². The summed E-state index contributed by atoms with van der Waals surface area (Å²) in [4.78, 5) is 36.1. The lowest BCUT2D eigenvalue weighted by Gasteiger charge is -2.15. The molecule has 0 aliphatic heterocycles. The van der Waals surface area contributed by atoms with E-state index in [1.165, 1.54) is 26.2 Å². The van der Waals surface area contributed by atoms with E-state index in [1.807, 2.05) is 0 Å². The Morgan fingerprint density at radius 2 is 1.73 bits per heavy atom. The molecule has 0 saturated heterocycles. The van der Waals surface area contributed by atoms with Crippen molar-refractivity contribution >= 4 is 29.4 Å². The second kappa shape index (κ2) is 8.87. The van der Waals surface area contributed by atoms with Crippen molar-refractivity contribution in [3.05, 3.63) is 64.7 Å². The Labute approximate surface area is 155 Å². The van der Waals surface area contributed by atoms with E-state index in [4.69, 9.17) is 21.1 Å². The van der Waals surface area contributed by atoms with Crippen molar-refractivity contribution in [1.29, 1.82) is 0 Å². The molecule has 0 bridgehead atoms. The fourth-order valence-electron chi connectivity index (χ4n) is 2.00. The van der Waals surface area contributed by atoms with Gasteiger partial charge in [-0.3, -0.25) is 20.4 Å². The van der Waals surface area contributed by atoms with Crippen molar-refractivity contribution in [3.63, 3.8) is 0 Å². The molecule has 2 amide bonds. The first kappa shape index (κ1) is 19.3. The molecule has 0 radical (unpaired) electrons. The van der Waals surface area contributed by atoms with Gasteiger partial charge in [0.25, 0.3) is 11.8 Å². The van der Waals surface area contributed by atoms with Crippen LogP contribution in [0.5, 0.6) is 5.75 Å². The summed E-state index contributed by atoms with van der Waals surface area (Å²) in [5.74, 6) is -1.69. The molecule has 2 N–H and O–H groups in total. The number of hydrazine groups is 1. The van der Waals surface area contributed by atoms with Crippen LogP contribution in [0.1, 0.15) is 27.6 Å². The maximum absolute atomic E-state index is 12.2. The highest BCUT2D eigenvalue weighted by molar-refractivity contribution is 6.31. The van der Waals surface area contributed by atoms with Crippen LogP contribution in [-0.2, 0) is 9.53 Å². The van der Waals surface area contributed by atoms with Crippen LogP contribution >= 0.6 is 11.6 Å². The summed E-state index contributed by atoms with van der Waals surface area (Å²) in [7, 11) is 1.40. The molecule has 2 aromatic rings. The van der Waals surface area contributed by atoms with Crippen LogP contribution in [0.25, 0.3) is 0 Å². The first-order valence-corrected chi connectivity index (χ1v) is 8.00. The normalized spacial score (nSPS) is 11.2. The zero-order valence-electron chi connectivity index (χ0n) is 14.1. The van der Waals surface area contributed by atoms with Gasteiger partial charge in [0.05, 0.1) is 7.11 Å². The fraction of sp³-hybridized carbons (Fsp3) is 0.167. The Kier molecular flexibility index (Phi) is 6.57. The van der Waals surface area contributed by atoms with Crippen molar-refractivity contribution < 1.29 is 23.9 Å². The number of nitrogens with one attached hydrogen (secondary N) is 2. The summed E-state index contributed by atoms with van der Waals surface area (Å²) < 4.78 is 10.2. The third-order valence-electron chi connectivity index (χ3n) is 3.37. The van der Waals surface area contributed by atoms with Gasteiger partial charge in [-0.05, 0) is 37.3 Å². The number of hydrogen-bond acceptors (Lipinski definition) is 5. The number of halogens is 1. The Morgan fingerprint density at radius 3 is 2.38 bits per heavy atom. The minimum atomic E-state index is -1.15. The highest BCUT2D eigenvalue weighted by Crippen LogP contribution is 2.23. The molecule has 2 rings (SSSR count). The van der Waals surface area contributed by atoms with Gasteiger partial charge in [-0.15, -0.1) is 0 Å². The molecule has 0 heterocycles. The molecule has 26 heavy (non-hydrogen) atoms. The minimum absolute atomic E-state index is 0.0907. The van der Waals surface area contributed by atoms with Crippen LogP contribution in [0.2, 0.25) is 5.02 Å². The van der Waals surface area contributed by atoms with Crippen molar-refractivity contribution in [1.82, 2.24) is 10.9 Å². The predicted molar refractivity (Wildman–Crippen MR) is 94.9 cm³/mol. The van der Waals surface area contributed by atoms with Gasteiger partial charge in [0.15, 0.2) is 6.10 Å². The van der Waals surface area contributed by atoms with Crippen molar-refractivity contribution in [2.75, 3.05) is 7.11 Å². The van der Waals surface area contributed by atoms with E-state index >= 15 is 0 Å². The lowest BCUT2D eigenvalue weighted by Crippen LogP contribution is -2.46. The summed E-state index contributed by atoms with van der Waals surface area (Å²) in [6, 6.07) is 12.8. The molecular weight excluding hydrogens is 360 g/mol. The molecular formula is C18H17ClN2O5. The van der Waals surface area contributed by atoms with Crippen LogP contribution < -0.4 is 15.6 Å². The van der Waals surface area contributed by atoms with E-state index in [9.17, 15) is 14.4 Å². The zero-order chi connectivity index (χ0) is 19.1. The van der Waals surface area contributed by atoms with Gasteiger partial charge in [-0.2, -0.15) is 0 Å². The summed E-state index contributed by atoms with van der Waals surface area (Å²) >= 11 is 5.87. The number of carbonyl (C=O) groups is 3. The first-order valence-electron chi connectivity index (χ1n) is 7.62. The lowest BCUT2D eigenvalue weighted by atomic mass is 10.2. The molecule has 0 unspecified atom stereocenters.